The highest BCUT2D eigenvalue weighted by Gasteiger charge is 2.12. The Balaban J connectivity index is 1.76. The number of benzene rings is 2. The highest BCUT2D eigenvalue weighted by molar-refractivity contribution is 5.73. The first kappa shape index (κ1) is 13.7. The number of rotatable bonds is 4. The van der Waals surface area contributed by atoms with Crippen LogP contribution in [0.3, 0.4) is 0 Å². The Bertz CT molecular complexity index is 644. The van der Waals surface area contributed by atoms with Gasteiger partial charge in [-0.25, -0.2) is 0 Å². The minimum Gasteiger partial charge on any atom is -0.493 e. The molecule has 0 amide bonds. The molecule has 2 aromatic rings. The first-order valence-electron chi connectivity index (χ1n) is 7.27. The van der Waals surface area contributed by atoms with Crippen LogP contribution in [-0.2, 0) is 22.4 Å². The Kier molecular flexibility index (Phi) is 3.91. The predicted molar refractivity (Wildman–Crippen MR) is 81.4 cm³/mol. The van der Waals surface area contributed by atoms with Crippen LogP contribution in [0.5, 0.6) is 5.75 Å². The zero-order valence-electron chi connectivity index (χ0n) is 12.1. The summed E-state index contributed by atoms with van der Waals surface area (Å²) >= 11 is 0. The first-order chi connectivity index (χ1) is 10.3. The number of hydrogen-bond donors (Lipinski definition) is 0. The molecule has 0 aromatic heterocycles. The summed E-state index contributed by atoms with van der Waals surface area (Å²) in [6, 6.07) is 14.3. The fraction of sp³-hybridized carbons (Fsp3) is 0.278. The van der Waals surface area contributed by atoms with Crippen molar-refractivity contribution in [2.24, 2.45) is 0 Å². The van der Waals surface area contributed by atoms with E-state index in [1.807, 2.05) is 37.3 Å². The minimum absolute atomic E-state index is 0.181. The maximum atomic E-state index is 11.5. The molecule has 1 aliphatic heterocycles. The summed E-state index contributed by atoms with van der Waals surface area (Å²) in [5, 5.41) is 0. The molecule has 2 aromatic carbocycles. The molecule has 0 saturated heterocycles. The van der Waals surface area contributed by atoms with Crippen molar-refractivity contribution >= 4 is 5.97 Å². The van der Waals surface area contributed by atoms with Gasteiger partial charge < -0.3 is 9.47 Å². The van der Waals surface area contributed by atoms with Crippen LogP contribution >= 0.6 is 0 Å². The average Bonchev–Trinajstić information content (AvgIpc) is 2.95. The van der Waals surface area contributed by atoms with Crippen molar-refractivity contribution in [1.82, 2.24) is 0 Å². The maximum absolute atomic E-state index is 11.5. The third-order valence-corrected chi connectivity index (χ3v) is 3.63. The van der Waals surface area contributed by atoms with E-state index in [9.17, 15) is 4.79 Å². The average molecular weight is 282 g/mol. The standard InChI is InChI=1S/C18H18O3/c1-2-20-18(19)11-13-3-5-14(6-4-13)15-7-8-17-16(12-15)9-10-21-17/h3-8,12H,2,9-11H2,1H3. The maximum Gasteiger partial charge on any atom is 0.310 e. The van der Waals surface area contributed by atoms with E-state index in [-0.39, 0.29) is 5.97 Å². The van der Waals surface area contributed by atoms with Gasteiger partial charge in [-0.3, -0.25) is 4.79 Å². The summed E-state index contributed by atoms with van der Waals surface area (Å²) in [5.41, 5.74) is 4.57. The molecular weight excluding hydrogens is 264 g/mol. The summed E-state index contributed by atoms with van der Waals surface area (Å²) in [5.74, 6) is 0.817. The fourth-order valence-electron chi connectivity index (χ4n) is 2.56. The zero-order valence-corrected chi connectivity index (χ0v) is 12.1. The van der Waals surface area contributed by atoms with Gasteiger partial charge in [-0.15, -0.1) is 0 Å². The van der Waals surface area contributed by atoms with Gasteiger partial charge in [-0.05, 0) is 41.3 Å². The summed E-state index contributed by atoms with van der Waals surface area (Å²) in [4.78, 5) is 11.5. The van der Waals surface area contributed by atoms with Crippen molar-refractivity contribution < 1.29 is 14.3 Å². The summed E-state index contributed by atoms with van der Waals surface area (Å²) in [7, 11) is 0. The molecular formula is C18H18O3. The Morgan fingerprint density at radius 3 is 2.67 bits per heavy atom. The van der Waals surface area contributed by atoms with Crippen molar-refractivity contribution in [3.05, 3.63) is 53.6 Å². The SMILES string of the molecule is CCOC(=O)Cc1ccc(-c2ccc3c(c2)CCO3)cc1. The lowest BCUT2D eigenvalue weighted by molar-refractivity contribution is -0.142. The van der Waals surface area contributed by atoms with Gasteiger partial charge in [0.05, 0.1) is 19.6 Å². The van der Waals surface area contributed by atoms with Gasteiger partial charge in [-0.2, -0.15) is 0 Å². The van der Waals surface area contributed by atoms with Gasteiger partial charge in [-0.1, -0.05) is 30.3 Å². The van der Waals surface area contributed by atoms with Crippen LogP contribution in [-0.4, -0.2) is 19.2 Å². The second-order valence-corrected chi connectivity index (χ2v) is 5.10. The number of ether oxygens (including phenoxy) is 2. The van der Waals surface area contributed by atoms with E-state index < -0.39 is 0 Å². The van der Waals surface area contributed by atoms with Crippen LogP contribution in [0.2, 0.25) is 0 Å². The molecule has 0 atom stereocenters. The molecule has 3 nitrogen and oxygen atoms in total. The number of esters is 1. The molecule has 3 heteroatoms. The third-order valence-electron chi connectivity index (χ3n) is 3.63. The van der Waals surface area contributed by atoms with Gasteiger partial charge in [0.15, 0.2) is 0 Å². The van der Waals surface area contributed by atoms with E-state index in [1.165, 1.54) is 11.1 Å². The highest BCUT2D eigenvalue weighted by atomic mass is 16.5. The van der Waals surface area contributed by atoms with Gasteiger partial charge in [0.1, 0.15) is 5.75 Å². The lowest BCUT2D eigenvalue weighted by Crippen LogP contribution is -2.07. The van der Waals surface area contributed by atoms with Crippen LogP contribution in [0, 0.1) is 0 Å². The summed E-state index contributed by atoms with van der Waals surface area (Å²) in [6.45, 7) is 3.02. The van der Waals surface area contributed by atoms with Crippen LogP contribution < -0.4 is 4.74 Å². The molecule has 0 unspecified atom stereocenters. The molecule has 0 N–H and O–H groups in total. The summed E-state index contributed by atoms with van der Waals surface area (Å²) < 4.78 is 10.5. The molecule has 0 bridgehead atoms. The molecule has 0 aliphatic carbocycles. The fourth-order valence-corrected chi connectivity index (χ4v) is 2.56. The molecule has 0 radical (unpaired) electrons. The van der Waals surface area contributed by atoms with Crippen molar-refractivity contribution in [3.8, 4) is 16.9 Å². The van der Waals surface area contributed by atoms with E-state index >= 15 is 0 Å². The second-order valence-electron chi connectivity index (χ2n) is 5.10. The van der Waals surface area contributed by atoms with Crippen LogP contribution in [0.15, 0.2) is 42.5 Å². The normalized spacial score (nSPS) is 12.6. The quantitative estimate of drug-likeness (QED) is 0.806. The largest absolute Gasteiger partial charge is 0.493 e. The molecule has 108 valence electrons. The molecule has 21 heavy (non-hydrogen) atoms. The lowest BCUT2D eigenvalue weighted by Gasteiger charge is -2.06. The van der Waals surface area contributed by atoms with Crippen molar-refractivity contribution in [1.29, 1.82) is 0 Å². The Hall–Kier alpha value is -2.29. The van der Waals surface area contributed by atoms with Crippen molar-refractivity contribution in [3.63, 3.8) is 0 Å². The van der Waals surface area contributed by atoms with E-state index in [0.717, 1.165) is 29.9 Å². The number of carbonyl (C=O) groups excluding carboxylic acids is 1. The minimum atomic E-state index is -0.181. The third kappa shape index (κ3) is 3.07. The molecule has 1 aliphatic rings. The number of fused-ring (bicyclic) bond motifs is 1. The second kappa shape index (κ2) is 6.00. The number of carbonyl (C=O) groups is 1. The monoisotopic (exact) mass is 282 g/mol. The van der Waals surface area contributed by atoms with E-state index in [0.29, 0.717) is 13.0 Å². The van der Waals surface area contributed by atoms with Gasteiger partial charge in [0, 0.05) is 6.42 Å². The van der Waals surface area contributed by atoms with Gasteiger partial charge in [0.2, 0.25) is 0 Å². The predicted octanol–water partition coefficient (Wildman–Crippen LogP) is 3.39. The van der Waals surface area contributed by atoms with Gasteiger partial charge >= 0.3 is 5.97 Å². The van der Waals surface area contributed by atoms with E-state index in [2.05, 4.69) is 12.1 Å². The van der Waals surface area contributed by atoms with Crippen LogP contribution in [0.25, 0.3) is 11.1 Å². The Morgan fingerprint density at radius 2 is 1.90 bits per heavy atom. The lowest BCUT2D eigenvalue weighted by atomic mass is 10.00. The zero-order chi connectivity index (χ0) is 14.7. The Labute approximate surface area is 124 Å². The molecule has 1 heterocycles. The Morgan fingerprint density at radius 1 is 1.14 bits per heavy atom. The van der Waals surface area contributed by atoms with Gasteiger partial charge in [0.25, 0.3) is 0 Å². The molecule has 0 spiro atoms. The molecule has 0 saturated carbocycles. The van der Waals surface area contributed by atoms with E-state index in [1.54, 1.807) is 0 Å². The molecule has 0 fully saturated rings. The van der Waals surface area contributed by atoms with Crippen LogP contribution in [0.4, 0.5) is 0 Å². The van der Waals surface area contributed by atoms with Crippen LogP contribution in [0.1, 0.15) is 18.1 Å². The topological polar surface area (TPSA) is 35.5 Å². The first-order valence-corrected chi connectivity index (χ1v) is 7.27. The van der Waals surface area contributed by atoms with Crippen molar-refractivity contribution in [2.75, 3.05) is 13.2 Å². The summed E-state index contributed by atoms with van der Waals surface area (Å²) in [6.07, 6.45) is 1.30. The molecule has 3 rings (SSSR count). The van der Waals surface area contributed by atoms with E-state index in [4.69, 9.17) is 9.47 Å². The van der Waals surface area contributed by atoms with Crippen molar-refractivity contribution in [2.45, 2.75) is 19.8 Å². The number of hydrogen-bond acceptors (Lipinski definition) is 3. The highest BCUT2D eigenvalue weighted by Crippen LogP contribution is 2.30. The smallest absolute Gasteiger partial charge is 0.310 e.